The molecule has 0 unspecified atom stereocenters. The molecule has 4 nitrogen and oxygen atoms in total. The molecular formula is C17H18N2O2. The summed E-state index contributed by atoms with van der Waals surface area (Å²) in [4.78, 5) is 0. The largest absolute Gasteiger partial charge is 0.494 e. The Kier molecular flexibility index (Phi) is 5.48. The maximum Gasteiger partial charge on any atom is 0.174 e. The molecule has 2 aromatic rings. The van der Waals surface area contributed by atoms with Crippen LogP contribution in [0.25, 0.3) is 0 Å². The van der Waals surface area contributed by atoms with Gasteiger partial charge in [-0.15, -0.1) is 0 Å². The van der Waals surface area contributed by atoms with Crippen molar-refractivity contribution in [2.75, 3.05) is 18.5 Å². The lowest BCUT2D eigenvalue weighted by molar-refractivity contribution is 0.340. The van der Waals surface area contributed by atoms with Gasteiger partial charge in [0, 0.05) is 12.2 Å². The number of hydrogen-bond acceptors (Lipinski definition) is 4. The van der Waals surface area contributed by atoms with Crippen molar-refractivity contribution in [2.45, 2.75) is 13.5 Å². The van der Waals surface area contributed by atoms with E-state index in [0.29, 0.717) is 18.9 Å². The van der Waals surface area contributed by atoms with Gasteiger partial charge in [-0.25, -0.2) is 0 Å². The van der Waals surface area contributed by atoms with Crippen molar-refractivity contribution >= 4 is 5.69 Å². The SMILES string of the molecule is CCOc1ccc(NCc2cccc(OCC#N)c2)cc1. The molecule has 108 valence electrons. The van der Waals surface area contributed by atoms with Gasteiger partial charge in [-0.1, -0.05) is 12.1 Å². The van der Waals surface area contributed by atoms with Crippen molar-refractivity contribution in [1.29, 1.82) is 5.26 Å². The lowest BCUT2D eigenvalue weighted by Crippen LogP contribution is -2.00. The van der Waals surface area contributed by atoms with E-state index in [9.17, 15) is 0 Å². The fourth-order valence-electron chi connectivity index (χ4n) is 1.90. The zero-order chi connectivity index (χ0) is 14.9. The zero-order valence-corrected chi connectivity index (χ0v) is 12.0. The molecule has 0 amide bonds. The maximum atomic E-state index is 8.51. The first-order valence-electron chi connectivity index (χ1n) is 6.87. The minimum absolute atomic E-state index is 0.0653. The molecule has 0 aromatic heterocycles. The highest BCUT2D eigenvalue weighted by Gasteiger charge is 1.98. The first kappa shape index (κ1) is 14.7. The first-order valence-corrected chi connectivity index (χ1v) is 6.87. The summed E-state index contributed by atoms with van der Waals surface area (Å²) in [7, 11) is 0. The first-order chi connectivity index (χ1) is 10.3. The highest BCUT2D eigenvalue weighted by atomic mass is 16.5. The molecule has 0 bridgehead atoms. The van der Waals surface area contributed by atoms with Crippen molar-refractivity contribution < 1.29 is 9.47 Å². The number of nitrogens with zero attached hydrogens (tertiary/aromatic N) is 1. The fraction of sp³-hybridized carbons (Fsp3) is 0.235. The molecule has 0 spiro atoms. The lowest BCUT2D eigenvalue weighted by atomic mass is 10.2. The molecule has 0 aliphatic heterocycles. The topological polar surface area (TPSA) is 54.3 Å². The minimum atomic E-state index is 0.0653. The van der Waals surface area contributed by atoms with Crippen molar-refractivity contribution in [3.05, 3.63) is 54.1 Å². The molecular weight excluding hydrogens is 264 g/mol. The van der Waals surface area contributed by atoms with Gasteiger partial charge in [0.2, 0.25) is 0 Å². The van der Waals surface area contributed by atoms with E-state index in [4.69, 9.17) is 14.7 Å². The highest BCUT2D eigenvalue weighted by molar-refractivity contribution is 5.47. The number of ether oxygens (including phenoxy) is 2. The van der Waals surface area contributed by atoms with Gasteiger partial charge in [0.05, 0.1) is 6.61 Å². The summed E-state index contributed by atoms with van der Waals surface area (Å²) < 4.78 is 10.7. The molecule has 0 heterocycles. The summed E-state index contributed by atoms with van der Waals surface area (Å²) in [6.07, 6.45) is 0. The van der Waals surface area contributed by atoms with E-state index in [-0.39, 0.29) is 6.61 Å². The monoisotopic (exact) mass is 282 g/mol. The van der Waals surface area contributed by atoms with E-state index in [1.807, 2.05) is 61.5 Å². The molecule has 2 aromatic carbocycles. The van der Waals surface area contributed by atoms with Crippen LogP contribution in [0.4, 0.5) is 5.69 Å². The van der Waals surface area contributed by atoms with Gasteiger partial charge < -0.3 is 14.8 Å². The Balaban J connectivity index is 1.91. The Labute approximate surface area is 124 Å². The summed E-state index contributed by atoms with van der Waals surface area (Å²) in [6.45, 7) is 3.39. The smallest absolute Gasteiger partial charge is 0.174 e. The van der Waals surface area contributed by atoms with Gasteiger partial charge in [0.15, 0.2) is 6.61 Å². The van der Waals surface area contributed by atoms with Crippen molar-refractivity contribution in [2.24, 2.45) is 0 Å². The average molecular weight is 282 g/mol. The predicted molar refractivity (Wildman–Crippen MR) is 82.5 cm³/mol. The second-order valence-electron chi connectivity index (χ2n) is 4.41. The van der Waals surface area contributed by atoms with E-state index in [0.717, 1.165) is 17.0 Å². The van der Waals surface area contributed by atoms with E-state index in [1.165, 1.54) is 0 Å². The van der Waals surface area contributed by atoms with Crippen molar-refractivity contribution in [1.82, 2.24) is 0 Å². The van der Waals surface area contributed by atoms with Crippen LogP contribution < -0.4 is 14.8 Å². The number of anilines is 1. The molecule has 0 radical (unpaired) electrons. The molecule has 21 heavy (non-hydrogen) atoms. The number of hydrogen-bond donors (Lipinski definition) is 1. The number of rotatable bonds is 7. The van der Waals surface area contributed by atoms with Gasteiger partial charge in [-0.3, -0.25) is 0 Å². The molecule has 0 aliphatic carbocycles. The minimum Gasteiger partial charge on any atom is -0.494 e. The molecule has 0 saturated carbocycles. The summed E-state index contributed by atoms with van der Waals surface area (Å²) >= 11 is 0. The third-order valence-electron chi connectivity index (χ3n) is 2.86. The summed E-state index contributed by atoms with van der Waals surface area (Å²) in [5.41, 5.74) is 2.13. The van der Waals surface area contributed by atoms with Crippen LogP contribution in [0.1, 0.15) is 12.5 Å². The van der Waals surface area contributed by atoms with Gasteiger partial charge in [-0.05, 0) is 48.9 Å². The number of benzene rings is 2. The summed E-state index contributed by atoms with van der Waals surface area (Å²) in [5.74, 6) is 1.58. The molecule has 1 N–H and O–H groups in total. The van der Waals surface area contributed by atoms with E-state index in [1.54, 1.807) is 0 Å². The lowest BCUT2D eigenvalue weighted by Gasteiger charge is -2.09. The summed E-state index contributed by atoms with van der Waals surface area (Å²) in [5, 5.41) is 11.8. The fourth-order valence-corrected chi connectivity index (χ4v) is 1.90. The average Bonchev–Trinajstić information content (AvgIpc) is 2.53. The third-order valence-corrected chi connectivity index (χ3v) is 2.86. The molecule has 0 fully saturated rings. The van der Waals surface area contributed by atoms with Crippen LogP contribution in [0.2, 0.25) is 0 Å². The highest BCUT2D eigenvalue weighted by Crippen LogP contribution is 2.18. The zero-order valence-electron chi connectivity index (χ0n) is 12.0. The maximum absolute atomic E-state index is 8.51. The predicted octanol–water partition coefficient (Wildman–Crippen LogP) is 3.60. The van der Waals surface area contributed by atoms with Crippen LogP contribution in [0.15, 0.2) is 48.5 Å². The van der Waals surface area contributed by atoms with Gasteiger partial charge in [-0.2, -0.15) is 5.26 Å². The number of nitriles is 1. The van der Waals surface area contributed by atoms with Crippen LogP contribution >= 0.6 is 0 Å². The number of nitrogens with one attached hydrogen (secondary N) is 1. The molecule has 4 heteroatoms. The van der Waals surface area contributed by atoms with Crippen LogP contribution in [-0.4, -0.2) is 13.2 Å². The Bertz CT molecular complexity index is 603. The quantitative estimate of drug-likeness (QED) is 0.843. The van der Waals surface area contributed by atoms with Crippen molar-refractivity contribution in [3.8, 4) is 17.6 Å². The molecule has 0 saturated heterocycles. The molecule has 2 rings (SSSR count). The van der Waals surface area contributed by atoms with E-state index in [2.05, 4.69) is 5.32 Å². The second-order valence-corrected chi connectivity index (χ2v) is 4.41. The van der Waals surface area contributed by atoms with Gasteiger partial charge in [0.25, 0.3) is 0 Å². The Morgan fingerprint density at radius 2 is 1.86 bits per heavy atom. The van der Waals surface area contributed by atoms with Crippen LogP contribution in [-0.2, 0) is 6.54 Å². The normalized spacial score (nSPS) is 9.71. The summed E-state index contributed by atoms with van der Waals surface area (Å²) in [6, 6.07) is 17.5. The standard InChI is InChI=1S/C17H18N2O2/c1-2-20-16-8-6-15(7-9-16)19-13-14-4-3-5-17(12-14)21-11-10-18/h3-9,12,19H,2,11,13H2,1H3. The molecule has 0 atom stereocenters. The Morgan fingerprint density at radius 1 is 1.05 bits per heavy atom. The Morgan fingerprint density at radius 3 is 2.57 bits per heavy atom. The van der Waals surface area contributed by atoms with E-state index < -0.39 is 0 Å². The second kappa shape index (κ2) is 7.81. The van der Waals surface area contributed by atoms with E-state index >= 15 is 0 Å². The van der Waals surface area contributed by atoms with Crippen LogP contribution in [0, 0.1) is 11.3 Å². The van der Waals surface area contributed by atoms with Gasteiger partial charge >= 0.3 is 0 Å². The molecule has 0 aliphatic rings. The third kappa shape index (κ3) is 4.73. The van der Waals surface area contributed by atoms with Crippen LogP contribution in [0.3, 0.4) is 0 Å². The van der Waals surface area contributed by atoms with Crippen LogP contribution in [0.5, 0.6) is 11.5 Å². The van der Waals surface area contributed by atoms with Gasteiger partial charge in [0.1, 0.15) is 17.6 Å². The van der Waals surface area contributed by atoms with Crippen molar-refractivity contribution in [3.63, 3.8) is 0 Å². The Hall–Kier alpha value is -2.67.